The van der Waals surface area contributed by atoms with E-state index in [1.807, 2.05) is 48.5 Å². The number of aliphatic imine (C=N–C) groups is 1. The molecule has 1 fully saturated rings. The van der Waals surface area contributed by atoms with Crippen LogP contribution in [0.2, 0.25) is 0 Å². The SMILES string of the molecule is COC1CCC2(CC1)Oc1ccc(Oc3ccccc3)cc1C21N=C(N)N(C)C1=O. The van der Waals surface area contributed by atoms with Gasteiger partial charge in [0.2, 0.25) is 5.54 Å². The Morgan fingerprint density at radius 1 is 1.13 bits per heavy atom. The zero-order chi connectivity index (χ0) is 20.9. The van der Waals surface area contributed by atoms with Gasteiger partial charge in [-0.25, -0.2) is 4.99 Å². The summed E-state index contributed by atoms with van der Waals surface area (Å²) in [6.07, 6.45) is 3.07. The highest BCUT2D eigenvalue weighted by Gasteiger charge is 2.69. The van der Waals surface area contributed by atoms with Crippen molar-refractivity contribution in [2.24, 2.45) is 10.7 Å². The number of fused-ring (bicyclic) bond motifs is 3. The molecule has 30 heavy (non-hydrogen) atoms. The second-order valence-corrected chi connectivity index (χ2v) is 8.15. The normalized spacial score (nSPS) is 29.8. The number of rotatable bonds is 3. The minimum absolute atomic E-state index is 0.160. The van der Waals surface area contributed by atoms with Crippen LogP contribution in [0.3, 0.4) is 0 Å². The van der Waals surface area contributed by atoms with E-state index in [2.05, 4.69) is 0 Å². The predicted octanol–water partition coefficient (Wildman–Crippen LogP) is 3.18. The van der Waals surface area contributed by atoms with E-state index in [4.69, 9.17) is 24.9 Å². The maximum absolute atomic E-state index is 13.6. The first kappa shape index (κ1) is 18.9. The minimum Gasteiger partial charge on any atom is -0.483 e. The van der Waals surface area contributed by atoms with Gasteiger partial charge < -0.3 is 19.9 Å². The quantitative estimate of drug-likeness (QED) is 0.845. The highest BCUT2D eigenvalue weighted by molar-refractivity contribution is 6.08. The van der Waals surface area contributed by atoms with Crippen molar-refractivity contribution in [3.8, 4) is 17.2 Å². The third kappa shape index (κ3) is 2.55. The van der Waals surface area contributed by atoms with Crippen LogP contribution in [0.1, 0.15) is 31.2 Å². The van der Waals surface area contributed by atoms with Gasteiger partial charge in [0.15, 0.2) is 5.96 Å². The highest BCUT2D eigenvalue weighted by Crippen LogP contribution is 2.59. The summed E-state index contributed by atoms with van der Waals surface area (Å²) in [6, 6.07) is 15.1. The summed E-state index contributed by atoms with van der Waals surface area (Å²) in [5, 5.41) is 0. The third-order valence-electron chi connectivity index (χ3n) is 6.60. The van der Waals surface area contributed by atoms with Crippen molar-refractivity contribution in [2.45, 2.75) is 42.9 Å². The van der Waals surface area contributed by atoms with Crippen molar-refractivity contribution in [3.63, 3.8) is 0 Å². The van der Waals surface area contributed by atoms with Crippen molar-refractivity contribution in [3.05, 3.63) is 54.1 Å². The standard InChI is InChI=1S/C23H25N3O4/c1-26-20(27)23(25-21(26)24)18-14-17(29-16-6-4-3-5-7-16)8-9-19(18)30-22(23)12-10-15(28-2)11-13-22/h3-9,14-15H,10-13H2,1-2H3,(H2,24,25). The first-order valence-corrected chi connectivity index (χ1v) is 10.2. The number of nitrogens with two attached hydrogens (primary N) is 1. The van der Waals surface area contributed by atoms with Crippen molar-refractivity contribution in [1.82, 2.24) is 4.90 Å². The molecule has 0 radical (unpaired) electrons. The second kappa shape index (κ2) is 6.74. The van der Waals surface area contributed by atoms with Gasteiger partial charge in [-0.3, -0.25) is 9.69 Å². The lowest BCUT2D eigenvalue weighted by Gasteiger charge is -2.43. The van der Waals surface area contributed by atoms with Gasteiger partial charge >= 0.3 is 0 Å². The summed E-state index contributed by atoms with van der Waals surface area (Å²) in [6.45, 7) is 0. The van der Waals surface area contributed by atoms with E-state index in [0.29, 0.717) is 29.9 Å². The van der Waals surface area contributed by atoms with Crippen LogP contribution in [-0.2, 0) is 15.1 Å². The lowest BCUT2D eigenvalue weighted by atomic mass is 9.68. The number of nitrogens with zero attached hydrogens (tertiary/aromatic N) is 2. The zero-order valence-corrected chi connectivity index (χ0v) is 17.1. The molecule has 3 aliphatic rings. The van der Waals surface area contributed by atoms with Crippen LogP contribution in [-0.4, -0.2) is 42.6 Å². The maximum atomic E-state index is 13.6. The van der Waals surface area contributed by atoms with Crippen LogP contribution in [0.5, 0.6) is 17.2 Å². The number of ether oxygens (including phenoxy) is 3. The van der Waals surface area contributed by atoms with E-state index in [0.717, 1.165) is 18.6 Å². The summed E-state index contributed by atoms with van der Waals surface area (Å²) in [5.41, 5.74) is 4.87. The predicted molar refractivity (Wildman–Crippen MR) is 112 cm³/mol. The first-order chi connectivity index (χ1) is 14.5. The van der Waals surface area contributed by atoms with E-state index in [1.54, 1.807) is 14.2 Å². The van der Waals surface area contributed by atoms with E-state index in [1.165, 1.54) is 4.90 Å². The van der Waals surface area contributed by atoms with E-state index >= 15 is 0 Å². The van der Waals surface area contributed by atoms with Gasteiger partial charge in [-0.15, -0.1) is 0 Å². The van der Waals surface area contributed by atoms with E-state index < -0.39 is 11.1 Å². The number of para-hydroxylation sites is 1. The molecule has 2 aromatic carbocycles. The Hall–Kier alpha value is -3.06. The number of hydrogen-bond donors (Lipinski definition) is 1. The molecular formula is C23H25N3O4. The second-order valence-electron chi connectivity index (χ2n) is 8.15. The fourth-order valence-electron chi connectivity index (χ4n) is 4.97. The smallest absolute Gasteiger partial charge is 0.266 e. The number of carbonyl (C=O) groups is 1. The number of methoxy groups -OCH3 is 1. The van der Waals surface area contributed by atoms with Crippen molar-refractivity contribution in [2.75, 3.05) is 14.2 Å². The average molecular weight is 407 g/mol. The number of carbonyl (C=O) groups excluding carboxylic acids is 1. The molecule has 0 aromatic heterocycles. The Labute approximate surface area is 175 Å². The summed E-state index contributed by atoms with van der Waals surface area (Å²) in [5.74, 6) is 2.05. The lowest BCUT2D eigenvalue weighted by molar-refractivity contribution is -0.140. The Morgan fingerprint density at radius 3 is 2.50 bits per heavy atom. The molecule has 2 N–H and O–H groups in total. The molecule has 1 aliphatic carbocycles. The average Bonchev–Trinajstić information content (AvgIpc) is 3.16. The molecule has 1 atom stereocenters. The Kier molecular flexibility index (Phi) is 4.25. The first-order valence-electron chi connectivity index (χ1n) is 10.2. The van der Waals surface area contributed by atoms with Crippen molar-refractivity contribution >= 4 is 11.9 Å². The van der Waals surface area contributed by atoms with Crippen molar-refractivity contribution in [1.29, 1.82) is 0 Å². The molecule has 2 spiro atoms. The minimum atomic E-state index is -1.20. The molecule has 2 aromatic rings. The van der Waals surface area contributed by atoms with Gasteiger partial charge in [0.25, 0.3) is 5.91 Å². The van der Waals surface area contributed by atoms with E-state index in [-0.39, 0.29) is 18.0 Å². The van der Waals surface area contributed by atoms with Gasteiger partial charge in [-0.2, -0.15) is 0 Å². The van der Waals surface area contributed by atoms with Gasteiger partial charge in [-0.05, 0) is 56.0 Å². The topological polar surface area (TPSA) is 86.4 Å². The molecule has 1 saturated carbocycles. The van der Waals surface area contributed by atoms with Crippen molar-refractivity contribution < 1.29 is 19.0 Å². The molecule has 0 bridgehead atoms. The molecule has 2 aliphatic heterocycles. The number of amides is 1. The summed E-state index contributed by atoms with van der Waals surface area (Å²) in [4.78, 5) is 19.7. The summed E-state index contributed by atoms with van der Waals surface area (Å²) >= 11 is 0. The van der Waals surface area contributed by atoms with Crippen LogP contribution in [0.25, 0.3) is 0 Å². The van der Waals surface area contributed by atoms with Crippen LogP contribution < -0.4 is 15.2 Å². The number of benzene rings is 2. The zero-order valence-electron chi connectivity index (χ0n) is 17.1. The molecule has 7 heteroatoms. The molecule has 156 valence electrons. The Bertz CT molecular complexity index is 1010. The molecule has 1 amide bonds. The van der Waals surface area contributed by atoms with Gasteiger partial charge in [0.1, 0.15) is 22.8 Å². The van der Waals surface area contributed by atoms with Crippen LogP contribution >= 0.6 is 0 Å². The van der Waals surface area contributed by atoms with Crippen LogP contribution in [0.4, 0.5) is 0 Å². The van der Waals surface area contributed by atoms with Gasteiger partial charge in [0, 0.05) is 19.7 Å². The Balaban J connectivity index is 1.60. The molecule has 2 heterocycles. The summed E-state index contributed by atoms with van der Waals surface area (Å²) < 4.78 is 18.1. The van der Waals surface area contributed by atoms with Gasteiger partial charge in [-0.1, -0.05) is 18.2 Å². The number of likely N-dealkylation sites (N-methyl/N-ethyl adjacent to an activating group) is 1. The molecule has 7 nitrogen and oxygen atoms in total. The molecule has 0 saturated heterocycles. The molecule has 1 unspecified atom stereocenters. The molecule has 5 rings (SSSR count). The van der Waals surface area contributed by atoms with E-state index in [9.17, 15) is 4.79 Å². The largest absolute Gasteiger partial charge is 0.483 e. The van der Waals surface area contributed by atoms with Crippen LogP contribution in [0, 0.1) is 0 Å². The number of guanidine groups is 1. The Morgan fingerprint density at radius 2 is 1.87 bits per heavy atom. The third-order valence-corrected chi connectivity index (χ3v) is 6.60. The fraction of sp³-hybridized carbons (Fsp3) is 0.391. The lowest BCUT2D eigenvalue weighted by Crippen LogP contribution is -2.57. The van der Waals surface area contributed by atoms with Gasteiger partial charge in [0.05, 0.1) is 6.10 Å². The maximum Gasteiger partial charge on any atom is 0.266 e. The fourth-order valence-corrected chi connectivity index (χ4v) is 4.97. The summed E-state index contributed by atoms with van der Waals surface area (Å²) in [7, 11) is 3.38. The molecular weight excluding hydrogens is 382 g/mol. The van der Waals surface area contributed by atoms with Crippen LogP contribution in [0.15, 0.2) is 53.5 Å². The monoisotopic (exact) mass is 407 g/mol. The number of hydrogen-bond acceptors (Lipinski definition) is 6. The highest BCUT2D eigenvalue weighted by atomic mass is 16.5.